The smallest absolute Gasteiger partial charge is 0.223 e. The van der Waals surface area contributed by atoms with Crippen molar-refractivity contribution in [1.29, 1.82) is 0 Å². The molecule has 0 heterocycles. The van der Waals surface area contributed by atoms with Gasteiger partial charge in [0.2, 0.25) is 11.8 Å². The van der Waals surface area contributed by atoms with E-state index in [1.807, 2.05) is 0 Å². The summed E-state index contributed by atoms with van der Waals surface area (Å²) in [4.78, 5) is 24.8. The quantitative estimate of drug-likeness (QED) is 0.772. The lowest BCUT2D eigenvalue weighted by atomic mass is 10.2. The molecule has 5 heteroatoms. The highest BCUT2D eigenvalue weighted by Crippen LogP contribution is 2.19. The summed E-state index contributed by atoms with van der Waals surface area (Å²) < 4.78 is 5.07. The molecule has 0 aromatic heterocycles. The topological polar surface area (TPSA) is 58.6 Å². The molecule has 1 rings (SSSR count). The molecule has 0 bridgehead atoms. The number of carbonyl (C=O) groups excluding carboxylic acids is 2. The zero-order valence-electron chi connectivity index (χ0n) is 11.9. The summed E-state index contributed by atoms with van der Waals surface area (Å²) in [7, 11) is 1.59. The Labute approximate surface area is 119 Å². The van der Waals surface area contributed by atoms with E-state index in [0.717, 1.165) is 11.4 Å². The Hall–Kier alpha value is -2.30. The lowest BCUT2D eigenvalue weighted by Gasteiger charge is -2.21. The van der Waals surface area contributed by atoms with Crippen LogP contribution in [0.4, 0.5) is 5.69 Å². The van der Waals surface area contributed by atoms with E-state index in [4.69, 9.17) is 4.74 Å². The highest BCUT2D eigenvalue weighted by molar-refractivity contribution is 5.92. The predicted molar refractivity (Wildman–Crippen MR) is 78.8 cm³/mol. The van der Waals surface area contributed by atoms with Crippen molar-refractivity contribution in [3.63, 3.8) is 0 Å². The Morgan fingerprint density at radius 1 is 1.35 bits per heavy atom. The normalized spacial score (nSPS) is 9.70. The van der Waals surface area contributed by atoms with Crippen molar-refractivity contribution >= 4 is 17.5 Å². The molecule has 2 amide bonds. The van der Waals surface area contributed by atoms with Crippen molar-refractivity contribution in [3.05, 3.63) is 36.9 Å². The van der Waals surface area contributed by atoms with E-state index >= 15 is 0 Å². The zero-order chi connectivity index (χ0) is 15.0. The van der Waals surface area contributed by atoms with Crippen LogP contribution in [0.3, 0.4) is 0 Å². The van der Waals surface area contributed by atoms with E-state index in [0.29, 0.717) is 13.1 Å². The van der Waals surface area contributed by atoms with Crippen molar-refractivity contribution < 1.29 is 14.3 Å². The molecule has 5 nitrogen and oxygen atoms in total. The molecule has 0 spiro atoms. The van der Waals surface area contributed by atoms with Gasteiger partial charge in [-0.15, -0.1) is 6.58 Å². The first-order valence-corrected chi connectivity index (χ1v) is 6.38. The SMILES string of the molecule is C=CCNC(=O)CCN(C(C)=O)c1ccc(OC)cc1. The first-order valence-electron chi connectivity index (χ1n) is 6.38. The Bertz CT molecular complexity index is 469. The van der Waals surface area contributed by atoms with Crippen LogP contribution in [0.2, 0.25) is 0 Å². The van der Waals surface area contributed by atoms with Crippen LogP contribution >= 0.6 is 0 Å². The third-order valence-electron chi connectivity index (χ3n) is 2.77. The van der Waals surface area contributed by atoms with Crippen molar-refractivity contribution in [2.45, 2.75) is 13.3 Å². The van der Waals surface area contributed by atoms with E-state index in [1.165, 1.54) is 6.92 Å². The van der Waals surface area contributed by atoms with Gasteiger partial charge in [0.15, 0.2) is 0 Å². The van der Waals surface area contributed by atoms with E-state index in [1.54, 1.807) is 42.4 Å². The summed E-state index contributed by atoms with van der Waals surface area (Å²) >= 11 is 0. The molecule has 1 aromatic rings. The van der Waals surface area contributed by atoms with Gasteiger partial charge in [0.25, 0.3) is 0 Å². The maximum absolute atomic E-state index is 11.7. The third kappa shape index (κ3) is 4.76. The minimum Gasteiger partial charge on any atom is -0.497 e. The molecule has 0 unspecified atom stereocenters. The molecule has 1 N–H and O–H groups in total. The molecule has 0 aliphatic rings. The predicted octanol–water partition coefficient (Wildman–Crippen LogP) is 1.74. The number of ether oxygens (including phenoxy) is 1. The van der Waals surface area contributed by atoms with Crippen LogP contribution in [0.1, 0.15) is 13.3 Å². The molecule has 0 saturated heterocycles. The molecular formula is C15H20N2O3. The molecular weight excluding hydrogens is 256 g/mol. The number of hydrogen-bond donors (Lipinski definition) is 1. The van der Waals surface area contributed by atoms with Crippen LogP contribution in [0.5, 0.6) is 5.75 Å². The summed E-state index contributed by atoms with van der Waals surface area (Å²) in [5.41, 5.74) is 0.745. The Morgan fingerprint density at radius 2 is 2.00 bits per heavy atom. The van der Waals surface area contributed by atoms with Gasteiger partial charge in [-0.2, -0.15) is 0 Å². The number of anilines is 1. The number of methoxy groups -OCH3 is 1. The standard InChI is InChI=1S/C15H20N2O3/c1-4-10-16-15(19)9-11-17(12(2)18)13-5-7-14(20-3)8-6-13/h4-8H,1,9-11H2,2-3H3,(H,16,19). The van der Waals surface area contributed by atoms with Crippen LogP contribution in [0.15, 0.2) is 36.9 Å². The maximum Gasteiger partial charge on any atom is 0.223 e. The lowest BCUT2D eigenvalue weighted by Crippen LogP contribution is -2.33. The van der Waals surface area contributed by atoms with Crippen molar-refractivity contribution in [3.8, 4) is 5.75 Å². The minimum absolute atomic E-state index is 0.105. The summed E-state index contributed by atoms with van der Waals surface area (Å²) in [6, 6.07) is 7.15. The molecule has 0 radical (unpaired) electrons. The molecule has 20 heavy (non-hydrogen) atoms. The van der Waals surface area contributed by atoms with Crippen LogP contribution in [0.25, 0.3) is 0 Å². The second-order valence-electron chi connectivity index (χ2n) is 4.21. The average molecular weight is 276 g/mol. The lowest BCUT2D eigenvalue weighted by molar-refractivity contribution is -0.120. The molecule has 0 saturated carbocycles. The number of amides is 2. The summed E-state index contributed by atoms with van der Waals surface area (Å²) in [6.45, 7) is 5.78. The minimum atomic E-state index is -0.107. The fourth-order valence-corrected chi connectivity index (χ4v) is 1.72. The van der Waals surface area contributed by atoms with Crippen molar-refractivity contribution in [2.24, 2.45) is 0 Å². The molecule has 0 atom stereocenters. The summed E-state index contributed by atoms with van der Waals surface area (Å²) in [6.07, 6.45) is 1.86. The van der Waals surface area contributed by atoms with Gasteiger partial charge >= 0.3 is 0 Å². The molecule has 0 aliphatic carbocycles. The number of rotatable bonds is 7. The Kier molecular flexibility index (Phi) is 6.29. The van der Waals surface area contributed by atoms with Crippen LogP contribution in [-0.2, 0) is 9.59 Å². The average Bonchev–Trinajstić information content (AvgIpc) is 2.45. The summed E-state index contributed by atoms with van der Waals surface area (Å²) in [5, 5.41) is 2.68. The van der Waals surface area contributed by atoms with Gasteiger partial charge in [-0.3, -0.25) is 9.59 Å². The molecule has 1 aromatic carbocycles. The van der Waals surface area contributed by atoms with Crippen LogP contribution in [-0.4, -0.2) is 32.0 Å². The molecule has 0 aliphatic heterocycles. The first-order chi connectivity index (χ1) is 9.58. The Balaban J connectivity index is 2.66. The first kappa shape index (κ1) is 15.8. The zero-order valence-corrected chi connectivity index (χ0v) is 11.9. The highest BCUT2D eigenvalue weighted by Gasteiger charge is 2.13. The van der Waals surface area contributed by atoms with E-state index in [2.05, 4.69) is 11.9 Å². The van der Waals surface area contributed by atoms with Gasteiger partial charge in [0.1, 0.15) is 5.75 Å². The Morgan fingerprint density at radius 3 is 2.50 bits per heavy atom. The highest BCUT2D eigenvalue weighted by atomic mass is 16.5. The van der Waals surface area contributed by atoms with Gasteiger partial charge in [-0.1, -0.05) is 6.08 Å². The largest absolute Gasteiger partial charge is 0.497 e. The van der Waals surface area contributed by atoms with Gasteiger partial charge < -0.3 is 15.0 Å². The second kappa shape index (κ2) is 7.99. The van der Waals surface area contributed by atoms with Crippen LogP contribution < -0.4 is 15.0 Å². The fourth-order valence-electron chi connectivity index (χ4n) is 1.72. The van der Waals surface area contributed by atoms with E-state index < -0.39 is 0 Å². The van der Waals surface area contributed by atoms with Crippen LogP contribution in [0, 0.1) is 0 Å². The van der Waals surface area contributed by atoms with Gasteiger partial charge in [0, 0.05) is 32.1 Å². The third-order valence-corrected chi connectivity index (χ3v) is 2.77. The monoisotopic (exact) mass is 276 g/mol. The van der Waals surface area contributed by atoms with Crippen molar-refractivity contribution in [2.75, 3.05) is 25.1 Å². The maximum atomic E-state index is 11.7. The second-order valence-corrected chi connectivity index (χ2v) is 4.21. The number of hydrogen-bond acceptors (Lipinski definition) is 3. The number of carbonyl (C=O) groups is 2. The number of benzene rings is 1. The van der Waals surface area contributed by atoms with E-state index in [-0.39, 0.29) is 18.2 Å². The molecule has 108 valence electrons. The van der Waals surface area contributed by atoms with Gasteiger partial charge in [-0.05, 0) is 24.3 Å². The number of nitrogens with one attached hydrogen (secondary N) is 1. The fraction of sp³-hybridized carbons (Fsp3) is 0.333. The van der Waals surface area contributed by atoms with Crippen molar-refractivity contribution in [1.82, 2.24) is 5.32 Å². The summed E-state index contributed by atoms with van der Waals surface area (Å²) in [5.74, 6) is 0.511. The van der Waals surface area contributed by atoms with E-state index in [9.17, 15) is 9.59 Å². The molecule has 0 fully saturated rings. The van der Waals surface area contributed by atoms with Gasteiger partial charge in [0.05, 0.1) is 7.11 Å². The van der Waals surface area contributed by atoms with Gasteiger partial charge in [-0.25, -0.2) is 0 Å². The number of nitrogens with zero attached hydrogens (tertiary/aromatic N) is 1.